The summed E-state index contributed by atoms with van der Waals surface area (Å²) in [4.78, 5) is 29.5. The zero-order valence-electron chi connectivity index (χ0n) is 17.2. The number of aryl methyl sites for hydroxylation is 1. The van der Waals surface area contributed by atoms with Crippen molar-refractivity contribution >= 4 is 17.7 Å². The van der Waals surface area contributed by atoms with E-state index in [1.54, 1.807) is 19.2 Å². The molecule has 6 heteroatoms. The van der Waals surface area contributed by atoms with E-state index < -0.39 is 0 Å². The van der Waals surface area contributed by atoms with E-state index in [0.717, 1.165) is 22.4 Å². The van der Waals surface area contributed by atoms with Crippen molar-refractivity contribution in [3.63, 3.8) is 0 Å². The number of carbonyl (C=O) groups excluding carboxylic acids is 2. The van der Waals surface area contributed by atoms with Crippen LogP contribution in [0.15, 0.2) is 48.7 Å². The summed E-state index contributed by atoms with van der Waals surface area (Å²) in [5, 5.41) is 2.82. The molecule has 3 rings (SSSR count). The van der Waals surface area contributed by atoms with Gasteiger partial charge in [0.15, 0.2) is 0 Å². The summed E-state index contributed by atoms with van der Waals surface area (Å²) in [7, 11) is 0. The molecule has 3 aromatic rings. The molecule has 1 amide bonds. The molecular formula is C23H25N3O3. The van der Waals surface area contributed by atoms with Gasteiger partial charge < -0.3 is 14.6 Å². The zero-order valence-corrected chi connectivity index (χ0v) is 17.2. The number of ether oxygens (including phenoxy) is 1. The van der Waals surface area contributed by atoms with Crippen molar-refractivity contribution in [3.05, 3.63) is 71.0 Å². The average Bonchev–Trinajstić information content (AvgIpc) is 2.94. The molecule has 0 unspecified atom stereocenters. The number of amides is 1. The lowest BCUT2D eigenvalue weighted by molar-refractivity contribution is -0.116. The molecule has 0 bridgehead atoms. The molecular weight excluding hydrogens is 366 g/mol. The Bertz CT molecular complexity index is 1020. The van der Waals surface area contributed by atoms with Crippen LogP contribution in [0.25, 0.3) is 11.3 Å². The number of rotatable bonds is 6. The van der Waals surface area contributed by atoms with Gasteiger partial charge >= 0.3 is 5.97 Å². The van der Waals surface area contributed by atoms with E-state index >= 15 is 0 Å². The number of anilines is 1. The number of nitrogens with one attached hydrogen (secondary N) is 1. The fourth-order valence-electron chi connectivity index (χ4n) is 3.43. The molecule has 0 saturated heterocycles. The van der Waals surface area contributed by atoms with Crippen molar-refractivity contribution < 1.29 is 14.3 Å². The largest absolute Gasteiger partial charge is 0.462 e. The van der Waals surface area contributed by atoms with Gasteiger partial charge in [0.2, 0.25) is 5.91 Å². The number of carbonyl (C=O) groups is 2. The Hall–Kier alpha value is -3.41. The Morgan fingerprint density at radius 1 is 1.07 bits per heavy atom. The first-order chi connectivity index (χ1) is 13.9. The van der Waals surface area contributed by atoms with Gasteiger partial charge in [0.05, 0.1) is 17.9 Å². The summed E-state index contributed by atoms with van der Waals surface area (Å²) in [6.07, 6.45) is 1.70. The molecule has 0 atom stereocenters. The van der Waals surface area contributed by atoms with Gasteiger partial charge in [-0.25, -0.2) is 9.78 Å². The van der Waals surface area contributed by atoms with Crippen molar-refractivity contribution in [2.45, 2.75) is 34.2 Å². The standard InChI is InChI=1S/C23H25N3O3/c1-5-29-23(28)21-16(3)22(18-9-7-6-8-10-18)26(17(21)4)14-20(27)25-19-12-11-15(2)13-24-19/h6-13H,5,14H2,1-4H3,(H,24,25,27). The van der Waals surface area contributed by atoms with E-state index in [1.807, 2.05) is 61.7 Å². The van der Waals surface area contributed by atoms with Gasteiger partial charge in [-0.05, 0) is 50.5 Å². The highest BCUT2D eigenvalue weighted by atomic mass is 16.5. The monoisotopic (exact) mass is 391 g/mol. The zero-order chi connectivity index (χ0) is 21.0. The van der Waals surface area contributed by atoms with Crippen LogP contribution in [-0.2, 0) is 16.1 Å². The Morgan fingerprint density at radius 3 is 2.41 bits per heavy atom. The summed E-state index contributed by atoms with van der Waals surface area (Å²) in [6.45, 7) is 7.79. The first-order valence-corrected chi connectivity index (χ1v) is 9.57. The minimum atomic E-state index is -0.376. The number of hydrogen-bond acceptors (Lipinski definition) is 4. The molecule has 6 nitrogen and oxygen atoms in total. The minimum absolute atomic E-state index is 0.0614. The Labute approximate surface area is 170 Å². The van der Waals surface area contributed by atoms with Crippen molar-refractivity contribution in [3.8, 4) is 11.3 Å². The molecule has 0 saturated carbocycles. The van der Waals surface area contributed by atoms with Crippen LogP contribution in [0.2, 0.25) is 0 Å². The fourth-order valence-corrected chi connectivity index (χ4v) is 3.43. The maximum Gasteiger partial charge on any atom is 0.340 e. The number of pyridine rings is 1. The Kier molecular flexibility index (Phi) is 6.12. The van der Waals surface area contributed by atoms with E-state index in [-0.39, 0.29) is 18.4 Å². The summed E-state index contributed by atoms with van der Waals surface area (Å²) in [5.74, 6) is -0.0971. The molecule has 0 aliphatic rings. The van der Waals surface area contributed by atoms with Crippen LogP contribution in [0.3, 0.4) is 0 Å². The highest BCUT2D eigenvalue weighted by Crippen LogP contribution is 2.31. The lowest BCUT2D eigenvalue weighted by atomic mass is 10.1. The predicted molar refractivity (Wildman–Crippen MR) is 113 cm³/mol. The van der Waals surface area contributed by atoms with Gasteiger partial charge in [-0.15, -0.1) is 0 Å². The quantitative estimate of drug-likeness (QED) is 0.636. The molecule has 150 valence electrons. The summed E-state index contributed by atoms with van der Waals surface area (Å²) in [5.41, 5.74) is 4.79. The molecule has 0 spiro atoms. The highest BCUT2D eigenvalue weighted by Gasteiger charge is 2.25. The topological polar surface area (TPSA) is 73.2 Å². The third-order valence-electron chi connectivity index (χ3n) is 4.77. The summed E-state index contributed by atoms with van der Waals surface area (Å²) < 4.78 is 7.10. The lowest BCUT2D eigenvalue weighted by Crippen LogP contribution is -2.21. The van der Waals surface area contributed by atoms with E-state index in [2.05, 4.69) is 10.3 Å². The number of nitrogens with zero attached hydrogens (tertiary/aromatic N) is 2. The molecule has 1 aromatic carbocycles. The number of esters is 1. The van der Waals surface area contributed by atoms with Crippen molar-refractivity contribution in [1.82, 2.24) is 9.55 Å². The van der Waals surface area contributed by atoms with Crippen molar-refractivity contribution in [1.29, 1.82) is 0 Å². The van der Waals surface area contributed by atoms with Crippen LogP contribution in [0.5, 0.6) is 0 Å². The number of aromatic nitrogens is 2. The van der Waals surface area contributed by atoms with E-state index in [9.17, 15) is 9.59 Å². The lowest BCUT2D eigenvalue weighted by Gasteiger charge is -2.13. The second-order valence-electron chi connectivity index (χ2n) is 6.88. The number of benzene rings is 1. The Morgan fingerprint density at radius 2 is 1.79 bits per heavy atom. The van der Waals surface area contributed by atoms with Gasteiger partial charge in [-0.3, -0.25) is 4.79 Å². The maximum atomic E-state index is 12.7. The molecule has 1 N–H and O–H groups in total. The molecule has 0 aliphatic heterocycles. The second-order valence-corrected chi connectivity index (χ2v) is 6.88. The van der Waals surface area contributed by atoms with Crippen molar-refractivity contribution in [2.24, 2.45) is 0 Å². The highest BCUT2D eigenvalue weighted by molar-refractivity contribution is 5.96. The van der Waals surface area contributed by atoms with E-state index in [4.69, 9.17) is 4.74 Å². The third-order valence-corrected chi connectivity index (χ3v) is 4.77. The SMILES string of the molecule is CCOC(=O)c1c(C)c(-c2ccccc2)n(CC(=O)Nc2ccc(C)cn2)c1C. The Balaban J connectivity index is 1.99. The van der Waals surface area contributed by atoms with Crippen LogP contribution in [-0.4, -0.2) is 28.0 Å². The van der Waals surface area contributed by atoms with E-state index in [1.165, 1.54) is 0 Å². The molecule has 29 heavy (non-hydrogen) atoms. The normalized spacial score (nSPS) is 10.6. The van der Waals surface area contributed by atoms with Crippen LogP contribution in [0.4, 0.5) is 5.82 Å². The predicted octanol–water partition coefficient (Wildman–Crippen LogP) is 4.29. The molecule has 2 aromatic heterocycles. The maximum absolute atomic E-state index is 12.7. The summed E-state index contributed by atoms with van der Waals surface area (Å²) >= 11 is 0. The minimum Gasteiger partial charge on any atom is -0.462 e. The molecule has 0 fully saturated rings. The van der Waals surface area contributed by atoms with Gasteiger partial charge in [0.1, 0.15) is 12.4 Å². The molecule has 0 radical (unpaired) electrons. The van der Waals surface area contributed by atoms with Gasteiger partial charge in [0.25, 0.3) is 0 Å². The first kappa shape index (κ1) is 20.3. The molecule has 2 heterocycles. The fraction of sp³-hybridized carbons (Fsp3) is 0.261. The second kappa shape index (κ2) is 8.73. The smallest absolute Gasteiger partial charge is 0.340 e. The average molecular weight is 391 g/mol. The van der Waals surface area contributed by atoms with E-state index in [0.29, 0.717) is 23.7 Å². The van der Waals surface area contributed by atoms with Gasteiger partial charge in [-0.1, -0.05) is 36.4 Å². The van der Waals surface area contributed by atoms with Crippen molar-refractivity contribution in [2.75, 3.05) is 11.9 Å². The van der Waals surface area contributed by atoms with Crippen LogP contribution in [0.1, 0.15) is 34.1 Å². The molecule has 0 aliphatic carbocycles. The van der Waals surface area contributed by atoms with Crippen LogP contribution >= 0.6 is 0 Å². The van der Waals surface area contributed by atoms with Crippen LogP contribution in [0, 0.1) is 20.8 Å². The van der Waals surface area contributed by atoms with Gasteiger partial charge in [0, 0.05) is 11.9 Å². The summed E-state index contributed by atoms with van der Waals surface area (Å²) in [6, 6.07) is 13.4. The third kappa shape index (κ3) is 4.37. The number of hydrogen-bond donors (Lipinski definition) is 1. The first-order valence-electron chi connectivity index (χ1n) is 9.57. The van der Waals surface area contributed by atoms with Crippen LogP contribution < -0.4 is 5.32 Å². The van der Waals surface area contributed by atoms with Gasteiger partial charge in [-0.2, -0.15) is 0 Å².